The highest BCUT2D eigenvalue weighted by Crippen LogP contribution is 2.19. The minimum Gasteiger partial charge on any atom is -0.367 e. The third-order valence-corrected chi connectivity index (χ3v) is 3.40. The SMILES string of the molecule is CC(C)CN1CCN(c2cccnc2CN)CC1. The van der Waals surface area contributed by atoms with Crippen LogP contribution >= 0.6 is 0 Å². The van der Waals surface area contributed by atoms with Gasteiger partial charge in [0.25, 0.3) is 0 Å². The van der Waals surface area contributed by atoms with E-state index in [0.29, 0.717) is 6.54 Å². The molecule has 0 aliphatic carbocycles. The number of pyridine rings is 1. The Labute approximate surface area is 110 Å². The van der Waals surface area contributed by atoms with Crippen LogP contribution in [-0.4, -0.2) is 42.6 Å². The van der Waals surface area contributed by atoms with Crippen LogP contribution in [0.1, 0.15) is 19.5 Å². The van der Waals surface area contributed by atoms with E-state index in [1.54, 1.807) is 0 Å². The minimum atomic E-state index is 0.516. The number of anilines is 1. The molecule has 2 heterocycles. The quantitative estimate of drug-likeness (QED) is 0.873. The van der Waals surface area contributed by atoms with Crippen molar-refractivity contribution in [3.8, 4) is 0 Å². The van der Waals surface area contributed by atoms with Gasteiger partial charge in [0.2, 0.25) is 0 Å². The van der Waals surface area contributed by atoms with E-state index in [1.807, 2.05) is 12.3 Å². The van der Waals surface area contributed by atoms with Gasteiger partial charge in [0, 0.05) is 45.5 Å². The summed E-state index contributed by atoms with van der Waals surface area (Å²) in [5, 5.41) is 0. The van der Waals surface area contributed by atoms with Crippen LogP contribution < -0.4 is 10.6 Å². The van der Waals surface area contributed by atoms with Crippen molar-refractivity contribution >= 4 is 5.69 Å². The van der Waals surface area contributed by atoms with E-state index in [0.717, 1.165) is 37.8 Å². The lowest BCUT2D eigenvalue weighted by Crippen LogP contribution is -2.47. The smallest absolute Gasteiger partial charge is 0.0772 e. The summed E-state index contributed by atoms with van der Waals surface area (Å²) in [7, 11) is 0. The number of hydrogen-bond acceptors (Lipinski definition) is 4. The minimum absolute atomic E-state index is 0.516. The molecule has 1 aliphatic rings. The first-order valence-corrected chi connectivity index (χ1v) is 6.82. The third kappa shape index (κ3) is 3.21. The highest BCUT2D eigenvalue weighted by molar-refractivity contribution is 5.50. The molecule has 4 heteroatoms. The Balaban J connectivity index is 1.97. The Morgan fingerprint density at radius 1 is 1.28 bits per heavy atom. The zero-order valence-corrected chi connectivity index (χ0v) is 11.5. The Morgan fingerprint density at radius 3 is 2.61 bits per heavy atom. The van der Waals surface area contributed by atoms with E-state index < -0.39 is 0 Å². The molecule has 4 nitrogen and oxygen atoms in total. The van der Waals surface area contributed by atoms with Crippen LogP contribution in [-0.2, 0) is 6.54 Å². The summed E-state index contributed by atoms with van der Waals surface area (Å²) in [6.45, 7) is 10.7. The lowest BCUT2D eigenvalue weighted by molar-refractivity contribution is 0.231. The molecule has 1 fully saturated rings. The molecule has 0 spiro atoms. The fourth-order valence-corrected chi connectivity index (χ4v) is 2.56. The van der Waals surface area contributed by atoms with Crippen molar-refractivity contribution in [2.24, 2.45) is 11.7 Å². The van der Waals surface area contributed by atoms with Gasteiger partial charge in [-0.15, -0.1) is 0 Å². The first-order valence-electron chi connectivity index (χ1n) is 6.82. The summed E-state index contributed by atoms with van der Waals surface area (Å²) in [5.41, 5.74) is 7.97. The number of nitrogens with two attached hydrogens (primary N) is 1. The molecule has 1 aromatic rings. The standard InChI is InChI=1S/C14H24N4/c1-12(2)11-17-6-8-18(9-7-17)14-4-3-5-16-13(14)10-15/h3-5,12H,6-11,15H2,1-2H3. The molecule has 0 bridgehead atoms. The predicted octanol–water partition coefficient (Wildman–Crippen LogP) is 1.32. The number of rotatable bonds is 4. The van der Waals surface area contributed by atoms with Gasteiger partial charge < -0.3 is 10.6 Å². The first-order chi connectivity index (χ1) is 8.70. The molecule has 1 aromatic heterocycles. The summed E-state index contributed by atoms with van der Waals surface area (Å²) >= 11 is 0. The molecule has 1 aliphatic heterocycles. The van der Waals surface area contributed by atoms with Crippen molar-refractivity contribution in [3.63, 3.8) is 0 Å². The second-order valence-corrected chi connectivity index (χ2v) is 5.35. The van der Waals surface area contributed by atoms with Gasteiger partial charge in [-0.05, 0) is 18.1 Å². The molecular weight excluding hydrogens is 224 g/mol. The molecule has 0 aromatic carbocycles. The van der Waals surface area contributed by atoms with Crippen molar-refractivity contribution in [3.05, 3.63) is 24.0 Å². The fraction of sp³-hybridized carbons (Fsp3) is 0.643. The highest BCUT2D eigenvalue weighted by Gasteiger charge is 2.19. The van der Waals surface area contributed by atoms with Crippen LogP contribution in [0.5, 0.6) is 0 Å². The van der Waals surface area contributed by atoms with E-state index in [4.69, 9.17) is 5.73 Å². The summed E-state index contributed by atoms with van der Waals surface area (Å²) in [6, 6.07) is 4.13. The zero-order valence-electron chi connectivity index (χ0n) is 11.5. The average molecular weight is 248 g/mol. The lowest BCUT2D eigenvalue weighted by Gasteiger charge is -2.37. The van der Waals surface area contributed by atoms with Crippen LogP contribution in [0.4, 0.5) is 5.69 Å². The summed E-state index contributed by atoms with van der Waals surface area (Å²) < 4.78 is 0. The summed E-state index contributed by atoms with van der Waals surface area (Å²) in [6.07, 6.45) is 1.82. The van der Waals surface area contributed by atoms with Gasteiger partial charge in [0.1, 0.15) is 0 Å². The lowest BCUT2D eigenvalue weighted by atomic mass is 10.1. The largest absolute Gasteiger partial charge is 0.367 e. The van der Waals surface area contributed by atoms with Gasteiger partial charge in [-0.3, -0.25) is 9.88 Å². The summed E-state index contributed by atoms with van der Waals surface area (Å²) in [5.74, 6) is 0.745. The Morgan fingerprint density at radius 2 is 2.00 bits per heavy atom. The maximum Gasteiger partial charge on any atom is 0.0772 e. The Hall–Kier alpha value is -1.13. The van der Waals surface area contributed by atoms with Crippen LogP contribution in [0, 0.1) is 5.92 Å². The summed E-state index contributed by atoms with van der Waals surface area (Å²) in [4.78, 5) is 9.31. The van der Waals surface area contributed by atoms with Gasteiger partial charge >= 0.3 is 0 Å². The molecule has 2 rings (SSSR count). The number of nitrogens with zero attached hydrogens (tertiary/aromatic N) is 3. The van der Waals surface area contributed by atoms with Crippen LogP contribution in [0.3, 0.4) is 0 Å². The molecule has 0 saturated carbocycles. The third-order valence-electron chi connectivity index (χ3n) is 3.40. The normalized spacial score (nSPS) is 17.4. The van der Waals surface area contributed by atoms with E-state index in [2.05, 4.69) is 34.7 Å². The molecule has 0 amide bonds. The zero-order chi connectivity index (χ0) is 13.0. The topological polar surface area (TPSA) is 45.4 Å². The number of aromatic nitrogens is 1. The van der Waals surface area contributed by atoms with Crippen molar-refractivity contribution in [2.45, 2.75) is 20.4 Å². The van der Waals surface area contributed by atoms with E-state index in [-0.39, 0.29) is 0 Å². The van der Waals surface area contributed by atoms with Crippen LogP contribution in [0.2, 0.25) is 0 Å². The molecule has 100 valence electrons. The van der Waals surface area contributed by atoms with E-state index in [1.165, 1.54) is 12.2 Å². The van der Waals surface area contributed by atoms with Gasteiger partial charge in [-0.1, -0.05) is 13.8 Å². The van der Waals surface area contributed by atoms with Gasteiger partial charge in [-0.25, -0.2) is 0 Å². The van der Waals surface area contributed by atoms with E-state index >= 15 is 0 Å². The van der Waals surface area contributed by atoms with Crippen molar-refractivity contribution in [2.75, 3.05) is 37.6 Å². The van der Waals surface area contributed by atoms with Crippen molar-refractivity contribution < 1.29 is 0 Å². The van der Waals surface area contributed by atoms with Crippen LogP contribution in [0.25, 0.3) is 0 Å². The molecule has 1 saturated heterocycles. The maximum atomic E-state index is 5.75. The van der Waals surface area contributed by atoms with Crippen molar-refractivity contribution in [1.29, 1.82) is 0 Å². The van der Waals surface area contributed by atoms with Gasteiger partial charge in [0.15, 0.2) is 0 Å². The molecular formula is C14H24N4. The first kappa shape index (κ1) is 13.3. The fourth-order valence-electron chi connectivity index (χ4n) is 2.56. The number of piperazine rings is 1. The Bertz CT molecular complexity index is 370. The predicted molar refractivity (Wildman–Crippen MR) is 75.6 cm³/mol. The van der Waals surface area contributed by atoms with E-state index in [9.17, 15) is 0 Å². The second-order valence-electron chi connectivity index (χ2n) is 5.35. The van der Waals surface area contributed by atoms with Crippen molar-refractivity contribution in [1.82, 2.24) is 9.88 Å². The maximum absolute atomic E-state index is 5.75. The van der Waals surface area contributed by atoms with Gasteiger partial charge in [0.05, 0.1) is 11.4 Å². The molecule has 0 radical (unpaired) electrons. The highest BCUT2D eigenvalue weighted by atomic mass is 15.3. The number of hydrogen-bond donors (Lipinski definition) is 1. The molecule has 0 atom stereocenters. The molecule has 0 unspecified atom stereocenters. The second kappa shape index (κ2) is 6.16. The molecule has 18 heavy (non-hydrogen) atoms. The van der Waals surface area contributed by atoms with Crippen LogP contribution in [0.15, 0.2) is 18.3 Å². The molecule has 2 N–H and O–H groups in total. The van der Waals surface area contributed by atoms with Gasteiger partial charge in [-0.2, -0.15) is 0 Å². The monoisotopic (exact) mass is 248 g/mol. The average Bonchev–Trinajstić information content (AvgIpc) is 2.39. The Kier molecular flexibility index (Phi) is 4.55.